The van der Waals surface area contributed by atoms with Crippen LogP contribution in [0.1, 0.15) is 12.0 Å². The lowest BCUT2D eigenvalue weighted by atomic mass is 10.1. The quantitative estimate of drug-likeness (QED) is 0.539. The number of thiol groups is 1. The van der Waals surface area contributed by atoms with Crippen LogP contribution in [-0.4, -0.2) is 22.7 Å². The van der Waals surface area contributed by atoms with Crippen LogP contribution < -0.4 is 5.32 Å². The maximum Gasteiger partial charge on any atom is 0.276 e. The number of hydrogen-bond acceptors (Lipinski definition) is 3. The van der Waals surface area contributed by atoms with Gasteiger partial charge in [-0.2, -0.15) is 0 Å². The monoisotopic (exact) mass is 239 g/mol. The van der Waals surface area contributed by atoms with E-state index in [1.54, 1.807) is 24.3 Å². The van der Waals surface area contributed by atoms with Crippen LogP contribution in [-0.2, 0) is 11.2 Å². The Morgan fingerprint density at radius 3 is 2.56 bits per heavy atom. The minimum absolute atomic E-state index is 0.208. The van der Waals surface area contributed by atoms with Gasteiger partial charge in [0.2, 0.25) is 0 Å². The lowest BCUT2D eigenvalue weighted by Crippen LogP contribution is -2.32. The van der Waals surface area contributed by atoms with E-state index >= 15 is 0 Å². The number of aldehydes is 1. The Kier molecular flexibility index (Phi) is 4.85. The van der Waals surface area contributed by atoms with Gasteiger partial charge in [-0.15, -0.1) is 0 Å². The van der Waals surface area contributed by atoms with Crippen LogP contribution in [0.15, 0.2) is 24.3 Å². The van der Waals surface area contributed by atoms with Gasteiger partial charge >= 0.3 is 0 Å². The van der Waals surface area contributed by atoms with Crippen LogP contribution in [0.25, 0.3) is 0 Å². The fourth-order valence-electron chi connectivity index (χ4n) is 1.32. The Bertz CT molecular complexity index is 364. The molecular weight excluding hydrogens is 226 g/mol. The van der Waals surface area contributed by atoms with Crippen LogP contribution in [0.2, 0.25) is 0 Å². The van der Waals surface area contributed by atoms with E-state index in [9.17, 15) is 9.59 Å². The fraction of sp³-hybridized carbons (Fsp3) is 0.273. The topological polar surface area (TPSA) is 66.4 Å². The molecule has 1 unspecified atom stereocenters. The number of rotatable bonds is 5. The summed E-state index contributed by atoms with van der Waals surface area (Å²) in [5.74, 6) is 0.208. The highest BCUT2D eigenvalue weighted by Gasteiger charge is 2.08. The van der Waals surface area contributed by atoms with Gasteiger partial charge in [0.05, 0.1) is 6.04 Å². The van der Waals surface area contributed by atoms with Crippen molar-refractivity contribution in [3.63, 3.8) is 0 Å². The smallest absolute Gasteiger partial charge is 0.276 e. The third-order valence-electron chi connectivity index (χ3n) is 2.15. The van der Waals surface area contributed by atoms with E-state index < -0.39 is 11.3 Å². The van der Waals surface area contributed by atoms with Crippen molar-refractivity contribution in [2.45, 2.75) is 18.9 Å². The van der Waals surface area contributed by atoms with Gasteiger partial charge in [0, 0.05) is 0 Å². The zero-order valence-electron chi connectivity index (χ0n) is 8.59. The number of carbonyl (C=O) groups excluding carboxylic acids is 2. The van der Waals surface area contributed by atoms with Crippen molar-refractivity contribution in [1.82, 2.24) is 5.32 Å². The SMILES string of the molecule is O=CC(CCc1ccc(O)cc1)NC(=O)S. The van der Waals surface area contributed by atoms with E-state index in [-0.39, 0.29) is 5.75 Å². The first-order valence-electron chi connectivity index (χ1n) is 4.84. The van der Waals surface area contributed by atoms with E-state index in [0.29, 0.717) is 19.1 Å². The molecule has 0 aliphatic rings. The van der Waals surface area contributed by atoms with Crippen LogP contribution in [0.5, 0.6) is 5.75 Å². The third-order valence-corrected chi connectivity index (χ3v) is 2.28. The van der Waals surface area contributed by atoms with Gasteiger partial charge in [0.15, 0.2) is 0 Å². The second-order valence-corrected chi connectivity index (χ2v) is 3.80. The Morgan fingerprint density at radius 1 is 1.44 bits per heavy atom. The van der Waals surface area contributed by atoms with Crippen molar-refractivity contribution >= 4 is 24.2 Å². The van der Waals surface area contributed by atoms with Crippen molar-refractivity contribution in [2.75, 3.05) is 0 Å². The van der Waals surface area contributed by atoms with Gasteiger partial charge in [-0.05, 0) is 30.5 Å². The normalized spacial score (nSPS) is 11.8. The molecule has 5 heteroatoms. The predicted octanol–water partition coefficient (Wildman–Crippen LogP) is 1.53. The average molecular weight is 239 g/mol. The lowest BCUT2D eigenvalue weighted by molar-refractivity contribution is -0.109. The molecule has 0 saturated carbocycles. The molecular formula is C11H13NO3S. The summed E-state index contributed by atoms with van der Waals surface area (Å²) in [6.07, 6.45) is 1.85. The second-order valence-electron chi connectivity index (χ2n) is 3.40. The Morgan fingerprint density at radius 2 is 2.06 bits per heavy atom. The molecule has 0 radical (unpaired) electrons. The van der Waals surface area contributed by atoms with Crippen molar-refractivity contribution in [3.05, 3.63) is 29.8 Å². The largest absolute Gasteiger partial charge is 0.508 e. The molecule has 0 spiro atoms. The van der Waals surface area contributed by atoms with E-state index in [2.05, 4.69) is 17.9 Å². The highest BCUT2D eigenvalue weighted by molar-refractivity contribution is 7.96. The number of hydrogen-bond donors (Lipinski definition) is 3. The van der Waals surface area contributed by atoms with E-state index in [1.165, 1.54) is 0 Å². The van der Waals surface area contributed by atoms with E-state index in [1.807, 2.05) is 0 Å². The molecule has 1 rings (SSSR count). The summed E-state index contributed by atoms with van der Waals surface area (Å²) in [7, 11) is 0. The van der Waals surface area contributed by atoms with Gasteiger partial charge in [0.1, 0.15) is 12.0 Å². The highest BCUT2D eigenvalue weighted by atomic mass is 32.1. The van der Waals surface area contributed by atoms with Crippen LogP contribution >= 0.6 is 12.6 Å². The van der Waals surface area contributed by atoms with Crippen molar-refractivity contribution < 1.29 is 14.7 Å². The first-order chi connectivity index (χ1) is 7.61. The number of aryl methyl sites for hydroxylation is 1. The molecule has 0 aliphatic carbocycles. The standard InChI is InChI=1S/C11H13NO3S/c13-7-9(12-11(15)16)4-1-8-2-5-10(14)6-3-8/h2-3,5-7,9,14H,1,4H2,(H2,12,15,16). The highest BCUT2D eigenvalue weighted by Crippen LogP contribution is 2.11. The van der Waals surface area contributed by atoms with E-state index in [0.717, 1.165) is 5.56 Å². The first-order valence-corrected chi connectivity index (χ1v) is 5.29. The second kappa shape index (κ2) is 6.17. The number of phenols is 1. The summed E-state index contributed by atoms with van der Waals surface area (Å²) in [5.41, 5.74) is 0.998. The number of aromatic hydroxyl groups is 1. The molecule has 0 bridgehead atoms. The number of amides is 1. The summed E-state index contributed by atoms with van der Waals surface area (Å²) < 4.78 is 0. The number of nitrogens with one attached hydrogen (secondary N) is 1. The Balaban J connectivity index is 2.46. The maximum atomic E-state index is 10.6. The Labute approximate surface area is 99.1 Å². The molecule has 0 fully saturated rings. The number of phenolic OH excluding ortho intramolecular Hbond substituents is 1. The Hall–Kier alpha value is -1.49. The van der Waals surface area contributed by atoms with Crippen molar-refractivity contribution in [1.29, 1.82) is 0 Å². The van der Waals surface area contributed by atoms with Gasteiger partial charge in [-0.3, -0.25) is 4.79 Å². The third kappa shape index (κ3) is 4.35. The molecule has 0 saturated heterocycles. The van der Waals surface area contributed by atoms with Crippen LogP contribution in [0.4, 0.5) is 4.79 Å². The van der Waals surface area contributed by atoms with E-state index in [4.69, 9.17) is 5.11 Å². The molecule has 0 aliphatic heterocycles. The van der Waals surface area contributed by atoms with Gasteiger partial charge < -0.3 is 15.2 Å². The van der Waals surface area contributed by atoms with Crippen LogP contribution in [0, 0.1) is 0 Å². The summed E-state index contributed by atoms with van der Waals surface area (Å²) in [6, 6.07) is 6.21. The number of benzene rings is 1. The van der Waals surface area contributed by atoms with Gasteiger partial charge in [-0.25, -0.2) is 0 Å². The summed E-state index contributed by atoms with van der Waals surface area (Å²) in [4.78, 5) is 21.3. The zero-order chi connectivity index (χ0) is 12.0. The molecule has 86 valence electrons. The summed E-state index contributed by atoms with van der Waals surface area (Å²) >= 11 is 3.54. The molecule has 0 aromatic heterocycles. The minimum Gasteiger partial charge on any atom is -0.508 e. The van der Waals surface area contributed by atoms with Crippen LogP contribution in [0.3, 0.4) is 0 Å². The summed E-state index contributed by atoms with van der Waals surface area (Å²) in [6.45, 7) is 0. The van der Waals surface area contributed by atoms with Gasteiger partial charge in [0.25, 0.3) is 5.24 Å². The number of carbonyl (C=O) groups is 2. The molecule has 4 nitrogen and oxygen atoms in total. The summed E-state index contributed by atoms with van der Waals surface area (Å²) in [5, 5.41) is 11.0. The molecule has 1 aromatic carbocycles. The first kappa shape index (κ1) is 12.6. The average Bonchev–Trinajstić information content (AvgIpc) is 2.26. The molecule has 2 N–H and O–H groups in total. The molecule has 0 heterocycles. The zero-order valence-corrected chi connectivity index (χ0v) is 9.48. The predicted molar refractivity (Wildman–Crippen MR) is 63.8 cm³/mol. The van der Waals surface area contributed by atoms with Crippen molar-refractivity contribution in [3.8, 4) is 5.75 Å². The molecule has 16 heavy (non-hydrogen) atoms. The fourth-order valence-corrected chi connectivity index (χ4v) is 1.48. The van der Waals surface area contributed by atoms with Gasteiger partial charge in [-0.1, -0.05) is 24.8 Å². The molecule has 1 amide bonds. The van der Waals surface area contributed by atoms with Crippen molar-refractivity contribution in [2.24, 2.45) is 0 Å². The maximum absolute atomic E-state index is 10.6. The minimum atomic E-state index is -0.515. The molecule has 1 atom stereocenters. The molecule has 1 aromatic rings. The lowest BCUT2D eigenvalue weighted by Gasteiger charge is -2.10.